The zero-order valence-electron chi connectivity index (χ0n) is 6.84. The van der Waals surface area contributed by atoms with Gasteiger partial charge in [-0.1, -0.05) is 6.58 Å². The summed E-state index contributed by atoms with van der Waals surface area (Å²) in [6, 6.07) is 0. The maximum atomic E-state index is 11.4. The Morgan fingerprint density at radius 2 is 2.45 bits per heavy atom. The van der Waals surface area contributed by atoms with Crippen LogP contribution >= 0.6 is 0 Å². The van der Waals surface area contributed by atoms with Crippen molar-refractivity contribution < 1.29 is 4.79 Å². The van der Waals surface area contributed by atoms with Crippen LogP contribution in [0.2, 0.25) is 0 Å². The number of hydrogen-bond acceptors (Lipinski definition) is 2. The maximum absolute atomic E-state index is 11.4. The molecule has 11 heavy (non-hydrogen) atoms. The van der Waals surface area contributed by atoms with E-state index in [2.05, 4.69) is 6.58 Å². The molecular formula is C8H14N2O. The van der Waals surface area contributed by atoms with Gasteiger partial charge in [0.25, 0.3) is 0 Å². The van der Waals surface area contributed by atoms with Crippen LogP contribution in [0.1, 0.15) is 12.8 Å². The molecule has 0 spiro atoms. The first-order valence-electron chi connectivity index (χ1n) is 3.82. The van der Waals surface area contributed by atoms with Crippen LogP contribution in [0.3, 0.4) is 0 Å². The van der Waals surface area contributed by atoms with Gasteiger partial charge in [0, 0.05) is 19.3 Å². The third-order valence-corrected chi connectivity index (χ3v) is 2.11. The molecule has 1 unspecified atom stereocenters. The van der Waals surface area contributed by atoms with E-state index in [0.717, 1.165) is 19.4 Å². The van der Waals surface area contributed by atoms with Gasteiger partial charge in [-0.2, -0.15) is 0 Å². The summed E-state index contributed by atoms with van der Waals surface area (Å²) >= 11 is 0. The van der Waals surface area contributed by atoms with Gasteiger partial charge < -0.3 is 10.6 Å². The highest BCUT2D eigenvalue weighted by molar-refractivity contribution is 5.81. The number of hydrogen-bond donors (Lipinski definition) is 1. The maximum Gasteiger partial charge on any atom is 0.231 e. The smallest absolute Gasteiger partial charge is 0.231 e. The Morgan fingerprint density at radius 1 is 1.82 bits per heavy atom. The molecule has 1 saturated heterocycles. The summed E-state index contributed by atoms with van der Waals surface area (Å²) in [7, 11) is 1.80. The van der Waals surface area contributed by atoms with E-state index in [1.165, 1.54) is 0 Å². The van der Waals surface area contributed by atoms with Crippen molar-refractivity contribution in [1.82, 2.24) is 4.90 Å². The second kappa shape index (κ2) is 2.95. The molecule has 0 bridgehead atoms. The lowest BCUT2D eigenvalue weighted by atomic mass is 9.95. The fourth-order valence-electron chi connectivity index (χ4n) is 1.38. The molecule has 0 aromatic heterocycles. The van der Waals surface area contributed by atoms with Gasteiger partial charge >= 0.3 is 0 Å². The average molecular weight is 154 g/mol. The molecule has 1 aliphatic heterocycles. The van der Waals surface area contributed by atoms with E-state index in [-0.39, 0.29) is 11.8 Å². The lowest BCUT2D eigenvalue weighted by Gasteiger charge is -2.28. The van der Waals surface area contributed by atoms with Crippen molar-refractivity contribution in [3.8, 4) is 0 Å². The number of amides is 1. The molecule has 3 heteroatoms. The third-order valence-electron chi connectivity index (χ3n) is 2.11. The number of carbonyl (C=O) groups excluding carboxylic acids is 1. The van der Waals surface area contributed by atoms with Crippen LogP contribution in [0.4, 0.5) is 0 Å². The SMILES string of the molecule is C=C(N)C1CCCN(C)C1=O. The summed E-state index contributed by atoms with van der Waals surface area (Å²) in [4.78, 5) is 13.1. The van der Waals surface area contributed by atoms with E-state index in [1.54, 1.807) is 11.9 Å². The van der Waals surface area contributed by atoms with E-state index < -0.39 is 0 Å². The molecular weight excluding hydrogens is 140 g/mol. The molecule has 1 aliphatic rings. The first-order valence-corrected chi connectivity index (χ1v) is 3.82. The number of piperidine rings is 1. The van der Waals surface area contributed by atoms with Gasteiger partial charge in [0.05, 0.1) is 5.92 Å². The van der Waals surface area contributed by atoms with E-state index in [4.69, 9.17) is 5.73 Å². The first-order chi connectivity index (χ1) is 5.13. The number of nitrogens with two attached hydrogens (primary N) is 1. The molecule has 2 N–H and O–H groups in total. The summed E-state index contributed by atoms with van der Waals surface area (Å²) in [6.45, 7) is 4.44. The predicted octanol–water partition coefficient (Wildman–Crippen LogP) is 0.327. The molecule has 3 nitrogen and oxygen atoms in total. The highest BCUT2D eigenvalue weighted by Gasteiger charge is 2.26. The van der Waals surface area contributed by atoms with Crippen molar-refractivity contribution in [2.24, 2.45) is 11.7 Å². The van der Waals surface area contributed by atoms with Crippen molar-refractivity contribution >= 4 is 5.91 Å². The van der Waals surface area contributed by atoms with Crippen LogP contribution in [0.25, 0.3) is 0 Å². The molecule has 0 aromatic rings. The van der Waals surface area contributed by atoms with Crippen LogP contribution in [-0.2, 0) is 4.79 Å². The summed E-state index contributed by atoms with van der Waals surface area (Å²) in [6.07, 6.45) is 1.89. The van der Waals surface area contributed by atoms with Crippen molar-refractivity contribution in [3.05, 3.63) is 12.3 Å². The van der Waals surface area contributed by atoms with E-state index in [0.29, 0.717) is 5.70 Å². The monoisotopic (exact) mass is 154 g/mol. The molecule has 1 heterocycles. The van der Waals surface area contributed by atoms with Crippen molar-refractivity contribution in [3.63, 3.8) is 0 Å². The highest BCUT2D eigenvalue weighted by atomic mass is 16.2. The minimum absolute atomic E-state index is 0.115. The quantitative estimate of drug-likeness (QED) is 0.591. The van der Waals surface area contributed by atoms with Gasteiger partial charge in [0.1, 0.15) is 0 Å². The fraction of sp³-hybridized carbons (Fsp3) is 0.625. The Morgan fingerprint density at radius 3 is 2.91 bits per heavy atom. The molecule has 1 rings (SSSR count). The second-order valence-corrected chi connectivity index (χ2v) is 3.03. The van der Waals surface area contributed by atoms with E-state index in [9.17, 15) is 4.79 Å². The van der Waals surface area contributed by atoms with Crippen LogP contribution < -0.4 is 5.73 Å². The Labute approximate surface area is 66.9 Å². The average Bonchev–Trinajstić information content (AvgIpc) is 1.94. The summed E-state index contributed by atoms with van der Waals surface area (Å²) in [5.41, 5.74) is 5.98. The minimum atomic E-state index is -0.131. The molecule has 0 radical (unpaired) electrons. The third kappa shape index (κ3) is 1.53. The number of carbonyl (C=O) groups is 1. The van der Waals surface area contributed by atoms with Crippen LogP contribution in [0.15, 0.2) is 12.3 Å². The normalized spacial score (nSPS) is 25.4. The zero-order chi connectivity index (χ0) is 8.43. The standard InChI is InChI=1S/C8H14N2O/c1-6(9)7-4-3-5-10(2)8(7)11/h7H,1,3-5,9H2,2H3. The lowest BCUT2D eigenvalue weighted by molar-refractivity contribution is -0.135. The molecule has 0 aliphatic carbocycles. The van der Waals surface area contributed by atoms with Gasteiger partial charge in [0.15, 0.2) is 0 Å². The molecule has 1 atom stereocenters. The molecule has 62 valence electrons. The largest absolute Gasteiger partial charge is 0.402 e. The molecule has 1 fully saturated rings. The second-order valence-electron chi connectivity index (χ2n) is 3.03. The topological polar surface area (TPSA) is 46.3 Å². The molecule has 0 aromatic carbocycles. The van der Waals surface area contributed by atoms with Gasteiger partial charge in [-0.05, 0) is 12.8 Å². The van der Waals surface area contributed by atoms with Gasteiger partial charge in [0.2, 0.25) is 5.91 Å². The highest BCUT2D eigenvalue weighted by Crippen LogP contribution is 2.19. The van der Waals surface area contributed by atoms with Crippen LogP contribution in [-0.4, -0.2) is 24.4 Å². The summed E-state index contributed by atoms with van der Waals surface area (Å²) in [5, 5.41) is 0. The summed E-state index contributed by atoms with van der Waals surface area (Å²) < 4.78 is 0. The van der Waals surface area contributed by atoms with Crippen molar-refractivity contribution in [1.29, 1.82) is 0 Å². The van der Waals surface area contributed by atoms with Gasteiger partial charge in [-0.15, -0.1) is 0 Å². The fourth-order valence-corrected chi connectivity index (χ4v) is 1.38. The first kappa shape index (κ1) is 8.11. The minimum Gasteiger partial charge on any atom is -0.402 e. The Balaban J connectivity index is 2.66. The predicted molar refractivity (Wildman–Crippen MR) is 43.7 cm³/mol. The molecule has 1 amide bonds. The number of likely N-dealkylation sites (tertiary alicyclic amines) is 1. The number of rotatable bonds is 1. The van der Waals surface area contributed by atoms with Crippen molar-refractivity contribution in [2.75, 3.05) is 13.6 Å². The van der Waals surface area contributed by atoms with E-state index in [1.807, 2.05) is 0 Å². The Kier molecular flexibility index (Phi) is 2.17. The van der Waals surface area contributed by atoms with E-state index >= 15 is 0 Å². The van der Waals surface area contributed by atoms with Crippen molar-refractivity contribution in [2.45, 2.75) is 12.8 Å². The van der Waals surface area contributed by atoms with Gasteiger partial charge in [-0.25, -0.2) is 0 Å². The summed E-state index contributed by atoms with van der Waals surface area (Å²) in [5.74, 6) is -0.0162. The van der Waals surface area contributed by atoms with Crippen LogP contribution in [0, 0.1) is 5.92 Å². The Bertz CT molecular complexity index is 189. The van der Waals surface area contributed by atoms with Crippen LogP contribution in [0.5, 0.6) is 0 Å². The van der Waals surface area contributed by atoms with Gasteiger partial charge in [-0.3, -0.25) is 4.79 Å². The molecule has 0 saturated carbocycles. The zero-order valence-corrected chi connectivity index (χ0v) is 6.84. The Hall–Kier alpha value is -0.990. The lowest BCUT2D eigenvalue weighted by Crippen LogP contribution is -2.40. The number of nitrogens with zero attached hydrogens (tertiary/aromatic N) is 1.